The van der Waals surface area contributed by atoms with E-state index in [0.717, 1.165) is 5.75 Å². The number of rotatable bonds is 4. The lowest BCUT2D eigenvalue weighted by Crippen LogP contribution is -1.85. The molecule has 1 nitrogen and oxygen atoms in total. The van der Waals surface area contributed by atoms with Crippen molar-refractivity contribution >= 4 is 53.1 Å². The van der Waals surface area contributed by atoms with E-state index in [0.29, 0.717) is 0 Å². The van der Waals surface area contributed by atoms with Crippen LogP contribution in [0.2, 0.25) is 0 Å². The largest absolute Gasteiger partial charge is 0.497 e. The van der Waals surface area contributed by atoms with Crippen LogP contribution in [0.4, 0.5) is 0 Å². The second-order valence-electron chi connectivity index (χ2n) is 10.5. The molecular formula is C39H26OS. The van der Waals surface area contributed by atoms with Gasteiger partial charge in [-0.05, 0) is 79.2 Å². The van der Waals surface area contributed by atoms with Crippen LogP contribution in [0.15, 0.2) is 140 Å². The molecule has 1 heterocycles. The Morgan fingerprint density at radius 3 is 1.93 bits per heavy atom. The summed E-state index contributed by atoms with van der Waals surface area (Å²) in [5.74, 6) is 0.882. The van der Waals surface area contributed by atoms with E-state index in [9.17, 15) is 0 Å². The Morgan fingerprint density at radius 2 is 1.05 bits per heavy atom. The predicted molar refractivity (Wildman–Crippen MR) is 177 cm³/mol. The molecule has 0 aliphatic heterocycles. The van der Waals surface area contributed by atoms with Gasteiger partial charge in [0, 0.05) is 20.2 Å². The molecule has 8 rings (SSSR count). The lowest BCUT2D eigenvalue weighted by molar-refractivity contribution is 0.415. The Hall–Kier alpha value is -4.92. The first-order chi connectivity index (χ1) is 20.2. The Balaban J connectivity index is 1.16. The van der Waals surface area contributed by atoms with Gasteiger partial charge in [-0.1, -0.05) is 115 Å². The minimum Gasteiger partial charge on any atom is -0.497 e. The summed E-state index contributed by atoms with van der Waals surface area (Å²) < 4.78 is 8.11. The number of fused-ring (bicyclic) bond motifs is 6. The van der Waals surface area contributed by atoms with Gasteiger partial charge in [-0.3, -0.25) is 0 Å². The summed E-state index contributed by atoms with van der Waals surface area (Å²) in [6.45, 7) is 0. The highest BCUT2D eigenvalue weighted by Crippen LogP contribution is 2.43. The third-order valence-corrected chi connectivity index (χ3v) is 9.45. The summed E-state index contributed by atoms with van der Waals surface area (Å²) in [4.78, 5) is 0. The van der Waals surface area contributed by atoms with Gasteiger partial charge in [0.05, 0.1) is 7.11 Å². The molecule has 0 fully saturated rings. The van der Waals surface area contributed by atoms with Crippen LogP contribution >= 0.6 is 11.3 Å². The van der Waals surface area contributed by atoms with Crippen LogP contribution in [0.3, 0.4) is 0 Å². The second kappa shape index (κ2) is 9.62. The van der Waals surface area contributed by atoms with Gasteiger partial charge >= 0.3 is 0 Å². The molecule has 0 radical (unpaired) electrons. The number of hydrogen-bond acceptors (Lipinski definition) is 2. The van der Waals surface area contributed by atoms with E-state index in [4.69, 9.17) is 4.74 Å². The summed E-state index contributed by atoms with van der Waals surface area (Å²) >= 11 is 1.91. The zero-order valence-corrected chi connectivity index (χ0v) is 23.4. The highest BCUT2D eigenvalue weighted by molar-refractivity contribution is 7.27. The number of ether oxygens (including phenoxy) is 1. The lowest BCUT2D eigenvalue weighted by atomic mass is 9.95. The maximum atomic E-state index is 5.39. The van der Waals surface area contributed by atoms with Crippen LogP contribution in [0.5, 0.6) is 5.75 Å². The maximum absolute atomic E-state index is 5.39. The van der Waals surface area contributed by atoms with Crippen molar-refractivity contribution in [1.82, 2.24) is 0 Å². The first-order valence-electron chi connectivity index (χ1n) is 13.9. The molecule has 0 saturated heterocycles. The van der Waals surface area contributed by atoms with Gasteiger partial charge in [0.2, 0.25) is 0 Å². The zero-order valence-electron chi connectivity index (χ0n) is 22.6. The van der Waals surface area contributed by atoms with Gasteiger partial charge in [-0.25, -0.2) is 0 Å². The highest BCUT2D eigenvalue weighted by atomic mass is 32.1. The molecule has 0 unspecified atom stereocenters. The lowest BCUT2D eigenvalue weighted by Gasteiger charge is -2.09. The molecule has 2 heteroatoms. The molecule has 0 saturated carbocycles. The van der Waals surface area contributed by atoms with Gasteiger partial charge in [0.15, 0.2) is 0 Å². The standard InChI is InChI=1S/C39H26OS/c1-40-33-20-18-31-23-30(16-17-32(31)24-33)29-8-4-7-28(22-29)25-12-14-27(15-13-25)35-10-5-11-36-37-21-19-26-6-2-3-9-34(26)39(37)41-38(35)36/h2-24H,1H3. The number of thiophene rings is 1. The van der Waals surface area contributed by atoms with Crippen molar-refractivity contribution in [2.75, 3.05) is 7.11 Å². The quantitative estimate of drug-likeness (QED) is 0.215. The molecule has 0 atom stereocenters. The minimum absolute atomic E-state index is 0.882. The Bertz CT molecular complexity index is 2240. The molecule has 0 spiro atoms. The van der Waals surface area contributed by atoms with Crippen molar-refractivity contribution in [2.24, 2.45) is 0 Å². The predicted octanol–water partition coefficient (Wildman–Crippen LogP) is 11.4. The van der Waals surface area contributed by atoms with Gasteiger partial charge in [-0.2, -0.15) is 0 Å². The average Bonchev–Trinajstić information content (AvgIpc) is 3.44. The SMILES string of the molecule is COc1ccc2cc(-c3cccc(-c4ccc(-c5cccc6c5sc5c7ccccc7ccc65)cc4)c3)ccc2c1. The summed E-state index contributed by atoms with van der Waals surface area (Å²) in [5.41, 5.74) is 7.40. The smallest absolute Gasteiger partial charge is 0.119 e. The van der Waals surface area contributed by atoms with Gasteiger partial charge < -0.3 is 4.74 Å². The van der Waals surface area contributed by atoms with Crippen LogP contribution < -0.4 is 4.74 Å². The van der Waals surface area contributed by atoms with E-state index in [-0.39, 0.29) is 0 Å². The fourth-order valence-electron chi connectivity index (χ4n) is 6.00. The summed E-state index contributed by atoms with van der Waals surface area (Å²) in [6.07, 6.45) is 0. The average molecular weight is 543 g/mol. The molecule has 1 aromatic heterocycles. The van der Waals surface area contributed by atoms with Crippen molar-refractivity contribution in [3.8, 4) is 39.1 Å². The monoisotopic (exact) mass is 542 g/mol. The molecule has 0 N–H and O–H groups in total. The molecule has 41 heavy (non-hydrogen) atoms. The van der Waals surface area contributed by atoms with Crippen LogP contribution in [0.25, 0.3) is 75.1 Å². The van der Waals surface area contributed by atoms with Crippen molar-refractivity contribution in [3.63, 3.8) is 0 Å². The van der Waals surface area contributed by atoms with Crippen LogP contribution in [0, 0.1) is 0 Å². The summed E-state index contributed by atoms with van der Waals surface area (Å²) in [7, 11) is 1.71. The summed E-state index contributed by atoms with van der Waals surface area (Å²) in [5, 5.41) is 7.69. The van der Waals surface area contributed by atoms with E-state index >= 15 is 0 Å². The topological polar surface area (TPSA) is 9.23 Å². The summed E-state index contributed by atoms with van der Waals surface area (Å²) in [6, 6.07) is 50.6. The van der Waals surface area contributed by atoms with Crippen LogP contribution in [0.1, 0.15) is 0 Å². The fourth-order valence-corrected chi connectivity index (χ4v) is 7.38. The molecule has 194 valence electrons. The molecule has 8 aromatic rings. The van der Waals surface area contributed by atoms with Gasteiger partial charge in [0.1, 0.15) is 5.75 Å². The number of methoxy groups -OCH3 is 1. The molecule has 0 aliphatic carbocycles. The van der Waals surface area contributed by atoms with Gasteiger partial charge in [0.25, 0.3) is 0 Å². The molecule has 0 bridgehead atoms. The van der Waals surface area contributed by atoms with Crippen LogP contribution in [-0.2, 0) is 0 Å². The van der Waals surface area contributed by atoms with E-state index in [1.807, 2.05) is 17.4 Å². The second-order valence-corrected chi connectivity index (χ2v) is 11.6. The normalized spacial score (nSPS) is 11.5. The van der Waals surface area contributed by atoms with Crippen molar-refractivity contribution < 1.29 is 4.74 Å². The van der Waals surface area contributed by atoms with E-state index in [1.165, 1.54) is 75.1 Å². The first kappa shape index (κ1) is 23.9. The van der Waals surface area contributed by atoms with Crippen molar-refractivity contribution in [3.05, 3.63) is 140 Å². The third kappa shape index (κ3) is 4.07. The van der Waals surface area contributed by atoms with Crippen molar-refractivity contribution in [1.29, 1.82) is 0 Å². The Kier molecular flexibility index (Phi) is 5.61. The molecular weight excluding hydrogens is 516 g/mol. The fraction of sp³-hybridized carbons (Fsp3) is 0.0256. The first-order valence-corrected chi connectivity index (χ1v) is 14.7. The Morgan fingerprint density at radius 1 is 0.415 bits per heavy atom. The van der Waals surface area contributed by atoms with E-state index in [1.54, 1.807) is 7.11 Å². The third-order valence-electron chi connectivity index (χ3n) is 8.16. The molecule has 0 aliphatic rings. The van der Waals surface area contributed by atoms with Gasteiger partial charge in [-0.15, -0.1) is 11.3 Å². The highest BCUT2D eigenvalue weighted by Gasteiger charge is 2.13. The molecule has 0 amide bonds. The number of hydrogen-bond donors (Lipinski definition) is 0. The number of benzene rings is 7. The van der Waals surface area contributed by atoms with Crippen molar-refractivity contribution in [2.45, 2.75) is 0 Å². The maximum Gasteiger partial charge on any atom is 0.119 e. The minimum atomic E-state index is 0.882. The Labute approximate surface area is 242 Å². The van der Waals surface area contributed by atoms with E-state index < -0.39 is 0 Å². The zero-order chi connectivity index (χ0) is 27.3. The van der Waals surface area contributed by atoms with E-state index in [2.05, 4.69) is 133 Å². The van der Waals surface area contributed by atoms with Crippen LogP contribution in [-0.4, -0.2) is 7.11 Å². The molecule has 7 aromatic carbocycles.